The van der Waals surface area contributed by atoms with Gasteiger partial charge in [-0.3, -0.25) is 0 Å². The summed E-state index contributed by atoms with van der Waals surface area (Å²) in [5, 5.41) is 9.08. The van der Waals surface area contributed by atoms with E-state index in [-0.39, 0.29) is 12.4 Å². The molecule has 0 aromatic carbocycles. The molecule has 25 heavy (non-hydrogen) atoms. The van der Waals surface area contributed by atoms with Gasteiger partial charge in [0.1, 0.15) is 0 Å². The minimum Gasteiger partial charge on any atom is -0.396 e. The third kappa shape index (κ3) is 20.1. The van der Waals surface area contributed by atoms with Crippen molar-refractivity contribution in [3.63, 3.8) is 0 Å². The second kappa shape index (κ2) is 22.0. The number of aliphatic hydroxyl groups is 1. The zero-order valence-electron chi connectivity index (χ0n) is 17.3. The van der Waals surface area contributed by atoms with E-state index in [1.165, 1.54) is 89.9 Å². The number of halogens is 1. The smallest absolute Gasteiger partial charge is 0.0445 e. The molecule has 1 N–H and O–H groups in total. The normalized spacial score (nSPS) is 12.7. The van der Waals surface area contributed by atoms with Crippen LogP contribution in [0.25, 0.3) is 0 Å². The Bertz CT molecular complexity index is 269. The molecule has 0 saturated carbocycles. The Balaban J connectivity index is 0. The average Bonchev–Trinajstić information content (AvgIpc) is 2.57. The summed E-state index contributed by atoms with van der Waals surface area (Å²) < 4.78 is 0. The molecule has 0 saturated heterocycles. The first kappa shape index (κ1) is 27.2. The number of rotatable bonds is 18. The first-order valence-corrected chi connectivity index (χ1v) is 10.6. The van der Waals surface area contributed by atoms with Crippen LogP contribution in [0.2, 0.25) is 0 Å². The first-order valence-electron chi connectivity index (χ1n) is 10.6. The van der Waals surface area contributed by atoms with Crippen LogP contribution in [0.15, 0.2) is 12.2 Å². The van der Waals surface area contributed by atoms with E-state index in [2.05, 4.69) is 38.1 Å². The summed E-state index contributed by atoms with van der Waals surface area (Å²) in [6, 6.07) is 0.555. The third-order valence-corrected chi connectivity index (χ3v) is 4.99. The van der Waals surface area contributed by atoms with Crippen molar-refractivity contribution in [3.8, 4) is 0 Å². The molecule has 0 heterocycles. The van der Waals surface area contributed by atoms with Crippen molar-refractivity contribution in [2.75, 3.05) is 20.7 Å². The molecule has 152 valence electrons. The molecule has 0 aromatic heterocycles. The summed E-state index contributed by atoms with van der Waals surface area (Å²) >= 11 is 0. The molecule has 0 radical (unpaired) electrons. The minimum absolute atomic E-state index is 0. The molecule has 0 aromatic rings. The number of hydrogen-bond donors (Lipinski definition) is 1. The van der Waals surface area contributed by atoms with Gasteiger partial charge in [-0.25, -0.2) is 0 Å². The van der Waals surface area contributed by atoms with E-state index >= 15 is 0 Å². The van der Waals surface area contributed by atoms with E-state index < -0.39 is 0 Å². The summed E-state index contributed by atoms with van der Waals surface area (Å²) in [6.07, 6.45) is 24.6. The maximum atomic E-state index is 9.08. The maximum Gasteiger partial charge on any atom is 0.0445 e. The minimum atomic E-state index is 0. The highest BCUT2D eigenvalue weighted by molar-refractivity contribution is 5.85. The molecule has 0 amide bonds. The fourth-order valence-electron chi connectivity index (χ4n) is 3.26. The predicted molar refractivity (Wildman–Crippen MR) is 116 cm³/mol. The van der Waals surface area contributed by atoms with Crippen LogP contribution >= 0.6 is 12.4 Å². The zero-order valence-corrected chi connectivity index (χ0v) is 18.2. The topological polar surface area (TPSA) is 23.5 Å². The Morgan fingerprint density at radius 3 is 1.68 bits per heavy atom. The van der Waals surface area contributed by atoms with Crippen molar-refractivity contribution < 1.29 is 5.11 Å². The molecule has 0 spiro atoms. The van der Waals surface area contributed by atoms with Crippen LogP contribution in [0.4, 0.5) is 0 Å². The van der Waals surface area contributed by atoms with Crippen molar-refractivity contribution in [1.82, 2.24) is 4.90 Å². The van der Waals surface area contributed by atoms with Crippen LogP contribution in [0.5, 0.6) is 0 Å². The largest absolute Gasteiger partial charge is 0.396 e. The Kier molecular flexibility index (Phi) is 23.9. The number of aliphatic hydroxyl groups excluding tert-OH is 1. The summed E-state index contributed by atoms with van der Waals surface area (Å²) in [6.45, 7) is 2.59. The highest BCUT2D eigenvalue weighted by atomic mass is 35.5. The molecule has 0 aliphatic carbocycles. The summed E-state index contributed by atoms with van der Waals surface area (Å²) in [5.74, 6) is 0. The highest BCUT2D eigenvalue weighted by Crippen LogP contribution is 2.13. The van der Waals surface area contributed by atoms with Gasteiger partial charge < -0.3 is 10.0 Å². The fraction of sp³-hybridized carbons (Fsp3) is 0.909. The molecule has 0 aliphatic rings. The van der Waals surface area contributed by atoms with Gasteiger partial charge >= 0.3 is 0 Å². The first-order chi connectivity index (χ1) is 11.7. The van der Waals surface area contributed by atoms with E-state index in [1.807, 2.05) is 0 Å². The summed E-state index contributed by atoms with van der Waals surface area (Å²) in [5.41, 5.74) is 0. The standard InChI is InChI=1S/C22H45NO.ClH/c1-4-5-6-7-8-9-10-11-12-13-14-15-16-17-18-19-22(20-21-24)23(2)3;/h11-12,22,24H,4-10,13-21H2,1-3H3;1H/b12-11-;. The number of nitrogens with zero attached hydrogens (tertiary/aromatic N) is 1. The summed E-state index contributed by atoms with van der Waals surface area (Å²) in [4.78, 5) is 2.25. The second-order valence-corrected chi connectivity index (χ2v) is 7.50. The Hall–Kier alpha value is -0.0500. The molecular formula is C22H46ClNO. The Morgan fingerprint density at radius 2 is 1.20 bits per heavy atom. The lowest BCUT2D eigenvalue weighted by Crippen LogP contribution is -2.28. The molecule has 3 heteroatoms. The van der Waals surface area contributed by atoms with Crippen LogP contribution in [0, 0.1) is 0 Å². The lowest BCUT2D eigenvalue weighted by Gasteiger charge is -2.23. The zero-order chi connectivity index (χ0) is 17.9. The molecule has 0 bridgehead atoms. The van der Waals surface area contributed by atoms with Crippen molar-refractivity contribution in [2.45, 2.75) is 109 Å². The van der Waals surface area contributed by atoms with Gasteiger partial charge in [-0.15, -0.1) is 12.4 Å². The summed E-state index contributed by atoms with van der Waals surface area (Å²) in [7, 11) is 4.25. The van der Waals surface area contributed by atoms with Gasteiger partial charge in [0, 0.05) is 12.6 Å². The Labute approximate surface area is 164 Å². The average molecular weight is 376 g/mol. The molecule has 2 nitrogen and oxygen atoms in total. The molecule has 0 aliphatic heterocycles. The fourth-order valence-corrected chi connectivity index (χ4v) is 3.26. The van der Waals surface area contributed by atoms with Gasteiger partial charge in [-0.05, 0) is 52.6 Å². The van der Waals surface area contributed by atoms with Gasteiger partial charge in [0.05, 0.1) is 0 Å². The Morgan fingerprint density at radius 1 is 0.720 bits per heavy atom. The molecule has 0 rings (SSSR count). The molecule has 0 fully saturated rings. The lowest BCUT2D eigenvalue weighted by atomic mass is 10.0. The highest BCUT2D eigenvalue weighted by Gasteiger charge is 2.09. The van der Waals surface area contributed by atoms with E-state index in [0.29, 0.717) is 12.6 Å². The van der Waals surface area contributed by atoms with E-state index in [0.717, 1.165) is 6.42 Å². The van der Waals surface area contributed by atoms with Crippen molar-refractivity contribution in [3.05, 3.63) is 12.2 Å². The van der Waals surface area contributed by atoms with Gasteiger partial charge in [-0.2, -0.15) is 0 Å². The lowest BCUT2D eigenvalue weighted by molar-refractivity contribution is 0.198. The van der Waals surface area contributed by atoms with Crippen LogP contribution in [0.3, 0.4) is 0 Å². The molecule has 1 atom stereocenters. The van der Waals surface area contributed by atoms with Gasteiger partial charge in [-0.1, -0.05) is 76.9 Å². The van der Waals surface area contributed by atoms with Crippen molar-refractivity contribution in [1.29, 1.82) is 0 Å². The van der Waals surface area contributed by atoms with Crippen LogP contribution in [-0.2, 0) is 0 Å². The number of allylic oxidation sites excluding steroid dienone is 2. The van der Waals surface area contributed by atoms with Gasteiger partial charge in [0.25, 0.3) is 0 Å². The van der Waals surface area contributed by atoms with Crippen molar-refractivity contribution in [2.24, 2.45) is 0 Å². The van der Waals surface area contributed by atoms with E-state index in [1.54, 1.807) is 0 Å². The van der Waals surface area contributed by atoms with Crippen LogP contribution in [-0.4, -0.2) is 36.8 Å². The predicted octanol–water partition coefficient (Wildman–Crippen LogP) is 6.76. The third-order valence-electron chi connectivity index (χ3n) is 4.99. The maximum absolute atomic E-state index is 9.08. The van der Waals surface area contributed by atoms with Gasteiger partial charge in [0.15, 0.2) is 0 Å². The van der Waals surface area contributed by atoms with Crippen LogP contribution in [0.1, 0.15) is 103 Å². The molecular weight excluding hydrogens is 330 g/mol. The number of unbranched alkanes of at least 4 members (excludes halogenated alkanes) is 11. The molecule has 1 unspecified atom stereocenters. The monoisotopic (exact) mass is 375 g/mol. The number of hydrogen-bond acceptors (Lipinski definition) is 2. The second-order valence-electron chi connectivity index (χ2n) is 7.50. The quantitative estimate of drug-likeness (QED) is 0.211. The van der Waals surface area contributed by atoms with Crippen LogP contribution < -0.4 is 0 Å². The van der Waals surface area contributed by atoms with E-state index in [4.69, 9.17) is 5.11 Å². The SMILES string of the molecule is CCCCCCCC/C=C\CCCCCCCC(CCO)N(C)C.Cl. The van der Waals surface area contributed by atoms with Crippen molar-refractivity contribution >= 4 is 12.4 Å². The van der Waals surface area contributed by atoms with E-state index in [9.17, 15) is 0 Å². The van der Waals surface area contributed by atoms with Gasteiger partial charge in [0.2, 0.25) is 0 Å².